The second-order valence-corrected chi connectivity index (χ2v) is 5.99. The SMILES string of the molecule is CCC(C)N1CCCc2cc(-c3ccc(OC)nc3)ccc21. The van der Waals surface area contributed by atoms with Crippen molar-refractivity contribution in [3.8, 4) is 17.0 Å². The molecule has 2 heterocycles. The van der Waals surface area contributed by atoms with E-state index < -0.39 is 0 Å². The van der Waals surface area contributed by atoms with E-state index in [4.69, 9.17) is 4.74 Å². The number of hydrogen-bond acceptors (Lipinski definition) is 3. The summed E-state index contributed by atoms with van der Waals surface area (Å²) in [6, 6.07) is 11.4. The number of ether oxygens (including phenoxy) is 1. The number of pyridine rings is 1. The van der Waals surface area contributed by atoms with E-state index in [1.165, 1.54) is 42.6 Å². The lowest BCUT2D eigenvalue weighted by molar-refractivity contribution is 0.398. The number of aryl methyl sites for hydroxylation is 1. The van der Waals surface area contributed by atoms with Crippen molar-refractivity contribution < 1.29 is 4.74 Å². The molecule has 1 aromatic carbocycles. The van der Waals surface area contributed by atoms with Crippen molar-refractivity contribution in [1.29, 1.82) is 0 Å². The van der Waals surface area contributed by atoms with E-state index in [1.54, 1.807) is 7.11 Å². The van der Waals surface area contributed by atoms with Crippen LogP contribution in [0.4, 0.5) is 5.69 Å². The lowest BCUT2D eigenvalue weighted by Gasteiger charge is -2.36. The van der Waals surface area contributed by atoms with Gasteiger partial charge in [-0.3, -0.25) is 0 Å². The van der Waals surface area contributed by atoms with Crippen molar-refractivity contribution >= 4 is 5.69 Å². The van der Waals surface area contributed by atoms with Gasteiger partial charge in [-0.15, -0.1) is 0 Å². The molecule has 1 aliphatic rings. The van der Waals surface area contributed by atoms with Gasteiger partial charge in [0.1, 0.15) is 0 Å². The minimum Gasteiger partial charge on any atom is -0.481 e. The summed E-state index contributed by atoms with van der Waals surface area (Å²) < 4.78 is 5.13. The Morgan fingerprint density at radius 2 is 2.05 bits per heavy atom. The van der Waals surface area contributed by atoms with Gasteiger partial charge in [0.25, 0.3) is 0 Å². The maximum absolute atomic E-state index is 5.13. The van der Waals surface area contributed by atoms with Crippen LogP contribution >= 0.6 is 0 Å². The van der Waals surface area contributed by atoms with E-state index in [0.717, 1.165) is 5.56 Å². The van der Waals surface area contributed by atoms with Crippen molar-refractivity contribution in [1.82, 2.24) is 4.98 Å². The Kier molecular flexibility index (Phi) is 4.32. The van der Waals surface area contributed by atoms with Crippen molar-refractivity contribution in [2.45, 2.75) is 39.2 Å². The molecule has 22 heavy (non-hydrogen) atoms. The predicted octanol–water partition coefficient (Wildman–Crippen LogP) is 4.31. The van der Waals surface area contributed by atoms with Gasteiger partial charge in [-0.2, -0.15) is 0 Å². The molecule has 3 heteroatoms. The Bertz CT molecular complexity index is 636. The Balaban J connectivity index is 1.92. The van der Waals surface area contributed by atoms with E-state index in [1.807, 2.05) is 12.3 Å². The fourth-order valence-electron chi connectivity index (χ4n) is 3.16. The van der Waals surface area contributed by atoms with Gasteiger partial charge in [0, 0.05) is 36.1 Å². The zero-order valence-corrected chi connectivity index (χ0v) is 13.7. The first-order valence-electron chi connectivity index (χ1n) is 8.13. The molecule has 3 rings (SSSR count). The van der Waals surface area contributed by atoms with Gasteiger partial charge in [0.2, 0.25) is 5.88 Å². The Hall–Kier alpha value is -2.03. The molecular weight excluding hydrogens is 272 g/mol. The third-order valence-electron chi connectivity index (χ3n) is 4.64. The summed E-state index contributed by atoms with van der Waals surface area (Å²) in [5, 5.41) is 0. The van der Waals surface area contributed by atoms with Crippen LogP contribution in [0.15, 0.2) is 36.5 Å². The minimum atomic E-state index is 0.604. The van der Waals surface area contributed by atoms with Gasteiger partial charge >= 0.3 is 0 Å². The van der Waals surface area contributed by atoms with Crippen LogP contribution in [0.25, 0.3) is 11.1 Å². The molecule has 0 radical (unpaired) electrons. The van der Waals surface area contributed by atoms with Crippen molar-refractivity contribution in [2.75, 3.05) is 18.6 Å². The molecule has 0 saturated heterocycles. The maximum atomic E-state index is 5.13. The Labute approximate surface area is 132 Å². The standard InChI is InChI=1S/C19H24N2O/c1-4-14(2)21-11-5-6-16-12-15(7-9-18(16)21)17-8-10-19(22-3)20-13-17/h7-10,12-14H,4-6,11H2,1-3H3. The first kappa shape index (κ1) is 14.9. The number of rotatable bonds is 4. The van der Waals surface area contributed by atoms with E-state index in [0.29, 0.717) is 11.9 Å². The summed E-state index contributed by atoms with van der Waals surface area (Å²) in [6.07, 6.45) is 5.47. The topological polar surface area (TPSA) is 25.4 Å². The molecule has 2 aromatic rings. The summed E-state index contributed by atoms with van der Waals surface area (Å²) in [5.41, 5.74) is 5.25. The zero-order chi connectivity index (χ0) is 15.5. The van der Waals surface area contributed by atoms with Gasteiger partial charge in [-0.25, -0.2) is 4.98 Å². The highest BCUT2D eigenvalue weighted by Crippen LogP contribution is 2.33. The summed E-state index contributed by atoms with van der Waals surface area (Å²) in [7, 11) is 1.64. The number of aromatic nitrogens is 1. The molecule has 0 saturated carbocycles. The molecule has 116 valence electrons. The number of anilines is 1. The van der Waals surface area contributed by atoms with Gasteiger partial charge in [0.05, 0.1) is 7.11 Å². The minimum absolute atomic E-state index is 0.604. The average molecular weight is 296 g/mol. The predicted molar refractivity (Wildman–Crippen MR) is 91.6 cm³/mol. The number of nitrogens with zero attached hydrogens (tertiary/aromatic N) is 2. The molecule has 1 unspecified atom stereocenters. The molecule has 0 N–H and O–H groups in total. The van der Waals surface area contributed by atoms with Crippen LogP contribution in [0, 0.1) is 0 Å². The maximum Gasteiger partial charge on any atom is 0.212 e. The third kappa shape index (κ3) is 2.80. The third-order valence-corrected chi connectivity index (χ3v) is 4.64. The van der Waals surface area contributed by atoms with Crippen molar-refractivity contribution in [2.24, 2.45) is 0 Å². The molecule has 0 spiro atoms. The molecule has 0 fully saturated rings. The van der Waals surface area contributed by atoms with Gasteiger partial charge < -0.3 is 9.64 Å². The smallest absolute Gasteiger partial charge is 0.212 e. The van der Waals surface area contributed by atoms with Crippen LogP contribution in [0.2, 0.25) is 0 Å². The van der Waals surface area contributed by atoms with E-state index in [-0.39, 0.29) is 0 Å². The first-order valence-corrected chi connectivity index (χ1v) is 8.13. The van der Waals surface area contributed by atoms with E-state index in [2.05, 4.69) is 48.0 Å². The van der Waals surface area contributed by atoms with E-state index in [9.17, 15) is 0 Å². The van der Waals surface area contributed by atoms with Crippen LogP contribution in [0.1, 0.15) is 32.3 Å². The molecule has 0 amide bonds. The monoisotopic (exact) mass is 296 g/mol. The molecule has 0 bridgehead atoms. The second kappa shape index (κ2) is 6.39. The van der Waals surface area contributed by atoms with Crippen LogP contribution in [0.5, 0.6) is 5.88 Å². The highest BCUT2D eigenvalue weighted by atomic mass is 16.5. The first-order chi connectivity index (χ1) is 10.7. The Morgan fingerprint density at radius 1 is 1.23 bits per heavy atom. The highest BCUT2D eigenvalue weighted by Gasteiger charge is 2.20. The summed E-state index contributed by atoms with van der Waals surface area (Å²) in [4.78, 5) is 6.86. The van der Waals surface area contributed by atoms with Crippen LogP contribution in [-0.2, 0) is 6.42 Å². The molecule has 1 atom stereocenters. The lowest BCUT2D eigenvalue weighted by Crippen LogP contribution is -2.36. The van der Waals surface area contributed by atoms with Crippen LogP contribution in [0.3, 0.4) is 0 Å². The lowest BCUT2D eigenvalue weighted by atomic mass is 9.95. The summed E-state index contributed by atoms with van der Waals surface area (Å²) >= 11 is 0. The molecular formula is C19H24N2O. The molecule has 0 aliphatic carbocycles. The zero-order valence-electron chi connectivity index (χ0n) is 13.7. The van der Waals surface area contributed by atoms with Crippen LogP contribution < -0.4 is 9.64 Å². The fraction of sp³-hybridized carbons (Fsp3) is 0.421. The average Bonchev–Trinajstić information content (AvgIpc) is 2.60. The van der Waals surface area contributed by atoms with Gasteiger partial charge in [-0.1, -0.05) is 13.0 Å². The largest absolute Gasteiger partial charge is 0.481 e. The fourth-order valence-corrected chi connectivity index (χ4v) is 3.16. The molecule has 3 nitrogen and oxygen atoms in total. The number of fused-ring (bicyclic) bond motifs is 1. The van der Waals surface area contributed by atoms with Gasteiger partial charge in [-0.05, 0) is 55.5 Å². The quantitative estimate of drug-likeness (QED) is 0.840. The number of benzene rings is 1. The summed E-state index contributed by atoms with van der Waals surface area (Å²) in [6.45, 7) is 5.75. The Morgan fingerprint density at radius 3 is 2.73 bits per heavy atom. The van der Waals surface area contributed by atoms with Gasteiger partial charge in [0.15, 0.2) is 0 Å². The molecule has 1 aromatic heterocycles. The normalized spacial score (nSPS) is 15.3. The second-order valence-electron chi connectivity index (χ2n) is 5.99. The summed E-state index contributed by atoms with van der Waals surface area (Å²) in [5.74, 6) is 0.657. The van der Waals surface area contributed by atoms with Crippen molar-refractivity contribution in [3.63, 3.8) is 0 Å². The number of methoxy groups -OCH3 is 1. The molecule has 1 aliphatic heterocycles. The van der Waals surface area contributed by atoms with Crippen LogP contribution in [-0.4, -0.2) is 24.7 Å². The highest BCUT2D eigenvalue weighted by molar-refractivity contribution is 5.69. The number of hydrogen-bond donors (Lipinski definition) is 0. The van der Waals surface area contributed by atoms with Crippen molar-refractivity contribution in [3.05, 3.63) is 42.1 Å². The van der Waals surface area contributed by atoms with E-state index >= 15 is 0 Å².